The van der Waals surface area contributed by atoms with Crippen LogP contribution in [0.1, 0.15) is 37.8 Å². The van der Waals surface area contributed by atoms with E-state index in [9.17, 15) is 0 Å². The van der Waals surface area contributed by atoms with Gasteiger partial charge in [-0.05, 0) is 30.0 Å². The summed E-state index contributed by atoms with van der Waals surface area (Å²) in [4.78, 5) is 0. The third-order valence-electron chi connectivity index (χ3n) is 1.98. The molecule has 0 bridgehead atoms. The number of hydrogen-bond acceptors (Lipinski definition) is 1. The maximum atomic E-state index is 9.05. The molecular formula is C12H16O. The zero-order valence-corrected chi connectivity index (χ0v) is 8.41. The predicted molar refractivity (Wildman–Crippen MR) is 56.8 cm³/mol. The highest BCUT2D eigenvalue weighted by molar-refractivity contribution is 5.51. The van der Waals surface area contributed by atoms with Crippen LogP contribution in [0.4, 0.5) is 0 Å². The first-order chi connectivity index (χ1) is 6.09. The van der Waals surface area contributed by atoms with Gasteiger partial charge in [0.05, 0.1) is 5.76 Å². The van der Waals surface area contributed by atoms with Gasteiger partial charge < -0.3 is 5.11 Å². The largest absolute Gasteiger partial charge is 0.513 e. The van der Waals surface area contributed by atoms with E-state index in [0.29, 0.717) is 11.7 Å². The first kappa shape index (κ1) is 9.85. The Morgan fingerprint density at radius 2 is 1.77 bits per heavy atom. The van der Waals surface area contributed by atoms with E-state index in [4.69, 9.17) is 5.11 Å². The van der Waals surface area contributed by atoms with Gasteiger partial charge in [0.25, 0.3) is 0 Å². The number of allylic oxidation sites excluding steroid dienone is 1. The van der Waals surface area contributed by atoms with Crippen LogP contribution in [0.15, 0.2) is 30.0 Å². The summed E-state index contributed by atoms with van der Waals surface area (Å²) >= 11 is 0. The van der Waals surface area contributed by atoms with E-state index in [0.717, 1.165) is 5.56 Å². The van der Waals surface area contributed by atoms with Crippen molar-refractivity contribution in [2.24, 2.45) is 0 Å². The first-order valence-corrected chi connectivity index (χ1v) is 4.57. The van der Waals surface area contributed by atoms with Crippen LogP contribution in [-0.2, 0) is 0 Å². The number of rotatable bonds is 2. The van der Waals surface area contributed by atoms with Crippen molar-refractivity contribution in [3.8, 4) is 0 Å². The van der Waals surface area contributed by atoms with Gasteiger partial charge >= 0.3 is 0 Å². The van der Waals surface area contributed by atoms with Crippen LogP contribution < -0.4 is 0 Å². The molecule has 0 fully saturated rings. The molecule has 0 amide bonds. The highest BCUT2D eigenvalue weighted by Crippen LogP contribution is 2.15. The van der Waals surface area contributed by atoms with Gasteiger partial charge in [-0.25, -0.2) is 0 Å². The molecule has 13 heavy (non-hydrogen) atoms. The zero-order chi connectivity index (χ0) is 9.84. The summed E-state index contributed by atoms with van der Waals surface area (Å²) in [6.07, 6.45) is 1.75. The molecule has 0 saturated carbocycles. The lowest BCUT2D eigenvalue weighted by atomic mass is 10.0. The molecule has 1 heteroatoms. The summed E-state index contributed by atoms with van der Waals surface area (Å²) in [5.74, 6) is 0.908. The van der Waals surface area contributed by atoms with Gasteiger partial charge in [-0.2, -0.15) is 0 Å². The van der Waals surface area contributed by atoms with Crippen molar-refractivity contribution >= 4 is 6.08 Å². The molecule has 1 rings (SSSR count). The fourth-order valence-corrected chi connectivity index (χ4v) is 1.22. The number of aliphatic hydroxyl groups excluding tert-OH is 1. The van der Waals surface area contributed by atoms with Crippen molar-refractivity contribution in [3.05, 3.63) is 41.2 Å². The Bertz CT molecular complexity index is 289. The van der Waals surface area contributed by atoms with Gasteiger partial charge in [-0.15, -0.1) is 0 Å². The quantitative estimate of drug-likeness (QED) is 0.681. The van der Waals surface area contributed by atoms with E-state index in [2.05, 4.69) is 26.0 Å². The molecule has 70 valence electrons. The van der Waals surface area contributed by atoms with Gasteiger partial charge in [0.2, 0.25) is 0 Å². The SMILES string of the molecule is C/C(O)=C\c1ccc(C(C)C)cc1. The molecular weight excluding hydrogens is 160 g/mol. The molecule has 0 aromatic heterocycles. The Morgan fingerprint density at radius 1 is 1.23 bits per heavy atom. The van der Waals surface area contributed by atoms with E-state index in [-0.39, 0.29) is 0 Å². The third-order valence-corrected chi connectivity index (χ3v) is 1.98. The number of hydrogen-bond donors (Lipinski definition) is 1. The lowest BCUT2D eigenvalue weighted by Crippen LogP contribution is -1.86. The van der Waals surface area contributed by atoms with Crippen LogP contribution >= 0.6 is 0 Å². The van der Waals surface area contributed by atoms with Gasteiger partial charge in [-0.3, -0.25) is 0 Å². The molecule has 1 N–H and O–H groups in total. The molecule has 0 atom stereocenters. The van der Waals surface area contributed by atoms with Gasteiger partial charge in [0.15, 0.2) is 0 Å². The van der Waals surface area contributed by atoms with Crippen molar-refractivity contribution in [3.63, 3.8) is 0 Å². The zero-order valence-electron chi connectivity index (χ0n) is 8.41. The predicted octanol–water partition coefficient (Wildman–Crippen LogP) is 3.73. The first-order valence-electron chi connectivity index (χ1n) is 4.57. The Balaban J connectivity index is 2.88. The molecule has 0 aliphatic rings. The molecule has 0 unspecified atom stereocenters. The standard InChI is InChI=1S/C12H16O/c1-9(2)12-6-4-11(5-7-12)8-10(3)13/h4-9,13H,1-3H3/b10-8+. The topological polar surface area (TPSA) is 20.2 Å². The van der Waals surface area contributed by atoms with Crippen molar-refractivity contribution < 1.29 is 5.11 Å². The number of aliphatic hydroxyl groups is 1. The summed E-state index contributed by atoms with van der Waals surface area (Å²) in [6.45, 7) is 6.01. The molecule has 1 aromatic carbocycles. The normalized spacial score (nSPS) is 12.2. The molecule has 0 saturated heterocycles. The Hall–Kier alpha value is -1.24. The molecule has 1 aromatic rings. The second-order valence-corrected chi connectivity index (χ2v) is 3.61. The second kappa shape index (κ2) is 4.13. The van der Waals surface area contributed by atoms with Crippen molar-refractivity contribution in [1.29, 1.82) is 0 Å². The summed E-state index contributed by atoms with van der Waals surface area (Å²) in [5.41, 5.74) is 2.37. The average molecular weight is 176 g/mol. The van der Waals surface area contributed by atoms with E-state index >= 15 is 0 Å². The van der Waals surface area contributed by atoms with Crippen molar-refractivity contribution in [2.45, 2.75) is 26.7 Å². The van der Waals surface area contributed by atoms with Crippen LogP contribution in [0.25, 0.3) is 6.08 Å². The Morgan fingerprint density at radius 3 is 2.15 bits per heavy atom. The monoisotopic (exact) mass is 176 g/mol. The highest BCUT2D eigenvalue weighted by atomic mass is 16.3. The molecule has 0 aliphatic carbocycles. The lowest BCUT2D eigenvalue weighted by Gasteiger charge is -2.04. The van der Waals surface area contributed by atoms with Crippen LogP contribution in [0.3, 0.4) is 0 Å². The summed E-state index contributed by atoms with van der Waals surface area (Å²) in [6, 6.07) is 8.24. The third kappa shape index (κ3) is 2.94. The van der Waals surface area contributed by atoms with E-state index in [1.807, 2.05) is 12.1 Å². The maximum absolute atomic E-state index is 9.05. The van der Waals surface area contributed by atoms with Crippen molar-refractivity contribution in [1.82, 2.24) is 0 Å². The smallest absolute Gasteiger partial charge is 0.0897 e. The maximum Gasteiger partial charge on any atom is 0.0897 e. The molecule has 0 heterocycles. The molecule has 0 aliphatic heterocycles. The fourth-order valence-electron chi connectivity index (χ4n) is 1.22. The average Bonchev–Trinajstić information content (AvgIpc) is 2.04. The van der Waals surface area contributed by atoms with Crippen LogP contribution in [0.2, 0.25) is 0 Å². The minimum Gasteiger partial charge on any atom is -0.513 e. The summed E-state index contributed by atoms with van der Waals surface area (Å²) in [7, 11) is 0. The Kier molecular flexibility index (Phi) is 3.13. The molecule has 0 spiro atoms. The van der Waals surface area contributed by atoms with Crippen LogP contribution in [0, 0.1) is 0 Å². The lowest BCUT2D eigenvalue weighted by molar-refractivity contribution is 0.420. The van der Waals surface area contributed by atoms with Crippen LogP contribution in [-0.4, -0.2) is 5.11 Å². The van der Waals surface area contributed by atoms with E-state index in [1.165, 1.54) is 5.56 Å². The number of benzene rings is 1. The van der Waals surface area contributed by atoms with Gasteiger partial charge in [0, 0.05) is 0 Å². The molecule has 0 radical (unpaired) electrons. The molecule has 1 nitrogen and oxygen atoms in total. The fraction of sp³-hybridized carbons (Fsp3) is 0.333. The van der Waals surface area contributed by atoms with E-state index in [1.54, 1.807) is 13.0 Å². The van der Waals surface area contributed by atoms with Gasteiger partial charge in [0.1, 0.15) is 0 Å². The highest BCUT2D eigenvalue weighted by Gasteiger charge is 1.97. The summed E-state index contributed by atoms with van der Waals surface area (Å²) < 4.78 is 0. The minimum absolute atomic E-state index is 0.345. The van der Waals surface area contributed by atoms with Crippen molar-refractivity contribution in [2.75, 3.05) is 0 Å². The summed E-state index contributed by atoms with van der Waals surface area (Å²) in [5, 5.41) is 9.05. The second-order valence-electron chi connectivity index (χ2n) is 3.61. The Labute approximate surface area is 79.7 Å². The van der Waals surface area contributed by atoms with Crippen LogP contribution in [0.5, 0.6) is 0 Å². The van der Waals surface area contributed by atoms with E-state index < -0.39 is 0 Å². The van der Waals surface area contributed by atoms with Gasteiger partial charge in [-0.1, -0.05) is 38.1 Å². The minimum atomic E-state index is 0.345.